The Balaban J connectivity index is 2.11. The molecule has 1 aliphatic rings. The van der Waals surface area contributed by atoms with E-state index in [1.165, 1.54) is 24.8 Å². The van der Waals surface area contributed by atoms with Crippen molar-refractivity contribution in [2.75, 3.05) is 6.54 Å². The second-order valence-corrected chi connectivity index (χ2v) is 7.64. The molecule has 110 valence electrons. The van der Waals surface area contributed by atoms with Crippen molar-refractivity contribution in [3.63, 3.8) is 0 Å². The van der Waals surface area contributed by atoms with Crippen molar-refractivity contribution in [2.24, 2.45) is 10.7 Å². The van der Waals surface area contributed by atoms with Crippen molar-refractivity contribution in [3.8, 4) is 0 Å². The van der Waals surface area contributed by atoms with E-state index in [2.05, 4.69) is 71.3 Å². The lowest BCUT2D eigenvalue weighted by molar-refractivity contribution is 0.253. The summed E-state index contributed by atoms with van der Waals surface area (Å²) in [6, 6.07) is 8.57. The van der Waals surface area contributed by atoms with E-state index in [0.717, 1.165) is 11.0 Å². The maximum Gasteiger partial charge on any atom is 0.189 e. The molecule has 0 spiro atoms. The summed E-state index contributed by atoms with van der Waals surface area (Å²) >= 11 is 3.55. The predicted molar refractivity (Wildman–Crippen MR) is 89.0 cm³/mol. The van der Waals surface area contributed by atoms with Crippen molar-refractivity contribution in [1.29, 1.82) is 0 Å². The van der Waals surface area contributed by atoms with Crippen molar-refractivity contribution in [2.45, 2.75) is 51.0 Å². The topological polar surface area (TPSA) is 50.4 Å². The highest BCUT2D eigenvalue weighted by atomic mass is 79.9. The lowest BCUT2D eigenvalue weighted by Gasteiger charge is -2.41. The Bertz CT molecular complexity index is 499. The monoisotopic (exact) mass is 337 g/mol. The summed E-state index contributed by atoms with van der Waals surface area (Å²) in [6.07, 6.45) is 3.65. The third-order valence-corrected chi connectivity index (χ3v) is 4.30. The van der Waals surface area contributed by atoms with Crippen molar-refractivity contribution in [1.82, 2.24) is 5.32 Å². The summed E-state index contributed by atoms with van der Waals surface area (Å²) in [6.45, 7) is 7.02. The van der Waals surface area contributed by atoms with Crippen molar-refractivity contribution < 1.29 is 0 Å². The van der Waals surface area contributed by atoms with Crippen LogP contribution in [0.3, 0.4) is 0 Å². The van der Waals surface area contributed by atoms with Gasteiger partial charge >= 0.3 is 0 Å². The van der Waals surface area contributed by atoms with E-state index in [4.69, 9.17) is 5.73 Å². The van der Waals surface area contributed by atoms with Crippen LogP contribution in [0.4, 0.5) is 0 Å². The summed E-state index contributed by atoms with van der Waals surface area (Å²) in [5.41, 5.74) is 7.48. The fraction of sp³-hybridized carbons (Fsp3) is 0.562. The molecule has 0 heterocycles. The molecule has 1 aromatic carbocycles. The zero-order chi connectivity index (χ0) is 14.8. The Kier molecular flexibility index (Phi) is 4.43. The van der Waals surface area contributed by atoms with Gasteiger partial charge in [-0.15, -0.1) is 0 Å². The predicted octanol–water partition coefficient (Wildman–Crippen LogP) is 3.57. The average molecular weight is 338 g/mol. The summed E-state index contributed by atoms with van der Waals surface area (Å²) in [5.74, 6) is 0.541. The molecule has 0 unspecified atom stereocenters. The Hall–Kier alpha value is -1.03. The van der Waals surface area contributed by atoms with Crippen molar-refractivity contribution in [3.05, 3.63) is 34.3 Å². The lowest BCUT2D eigenvalue weighted by atomic mass is 9.64. The molecule has 1 fully saturated rings. The highest BCUT2D eigenvalue weighted by molar-refractivity contribution is 9.10. The van der Waals surface area contributed by atoms with Gasteiger partial charge in [-0.1, -0.05) is 34.5 Å². The minimum absolute atomic E-state index is 0.0455. The van der Waals surface area contributed by atoms with Crippen LogP contribution in [0.15, 0.2) is 33.7 Å². The van der Waals surface area contributed by atoms with Crippen LogP contribution in [0, 0.1) is 0 Å². The average Bonchev–Trinajstić information content (AvgIpc) is 2.25. The highest BCUT2D eigenvalue weighted by Crippen LogP contribution is 2.44. The molecule has 1 aromatic rings. The summed E-state index contributed by atoms with van der Waals surface area (Å²) in [5, 5.41) is 3.22. The van der Waals surface area contributed by atoms with Crippen LogP contribution in [-0.2, 0) is 5.41 Å². The fourth-order valence-electron chi connectivity index (χ4n) is 2.62. The summed E-state index contributed by atoms with van der Waals surface area (Å²) in [7, 11) is 0. The Morgan fingerprint density at radius 3 is 2.60 bits per heavy atom. The lowest BCUT2D eigenvalue weighted by Crippen LogP contribution is -2.46. The fourth-order valence-corrected chi connectivity index (χ4v) is 3.02. The van der Waals surface area contributed by atoms with Gasteiger partial charge in [0, 0.05) is 15.4 Å². The number of hydrogen-bond donors (Lipinski definition) is 2. The van der Waals surface area contributed by atoms with Crippen LogP contribution in [0.5, 0.6) is 0 Å². The molecular formula is C16H24BrN3. The highest BCUT2D eigenvalue weighted by Gasteiger charge is 2.38. The van der Waals surface area contributed by atoms with Gasteiger partial charge in [0.25, 0.3) is 0 Å². The number of nitrogens with two attached hydrogens (primary N) is 1. The van der Waals surface area contributed by atoms with E-state index in [9.17, 15) is 0 Å². The third-order valence-electron chi connectivity index (χ3n) is 3.80. The zero-order valence-electron chi connectivity index (χ0n) is 12.5. The Morgan fingerprint density at radius 2 is 2.10 bits per heavy atom. The number of halogens is 1. The molecule has 2 rings (SSSR count). The van der Waals surface area contributed by atoms with Gasteiger partial charge in [-0.05, 0) is 51.3 Å². The van der Waals surface area contributed by atoms with Crippen LogP contribution in [-0.4, -0.2) is 18.0 Å². The zero-order valence-corrected chi connectivity index (χ0v) is 14.1. The largest absolute Gasteiger partial charge is 0.370 e. The molecule has 3 nitrogen and oxygen atoms in total. The van der Waals surface area contributed by atoms with E-state index >= 15 is 0 Å². The van der Waals surface area contributed by atoms with Crippen LogP contribution < -0.4 is 11.1 Å². The van der Waals surface area contributed by atoms with E-state index in [1.54, 1.807) is 0 Å². The maximum absolute atomic E-state index is 5.98. The van der Waals surface area contributed by atoms with E-state index in [0.29, 0.717) is 5.96 Å². The quantitative estimate of drug-likeness (QED) is 0.654. The number of nitrogens with one attached hydrogen (secondary N) is 1. The number of aliphatic imine (C=N–C) groups is 1. The maximum atomic E-state index is 5.98. The number of hydrogen-bond acceptors (Lipinski definition) is 1. The Labute approximate surface area is 130 Å². The van der Waals surface area contributed by atoms with Crippen LogP contribution in [0.1, 0.15) is 45.6 Å². The molecular weight excluding hydrogens is 314 g/mol. The standard InChI is InChI=1S/C16H24BrN3/c1-15(2,3)20-14(18)19-11-16(8-5-9-16)12-6-4-7-13(17)10-12/h4,6-7,10H,5,8-9,11H2,1-3H3,(H3,18,19,20). The smallest absolute Gasteiger partial charge is 0.189 e. The molecule has 3 N–H and O–H groups in total. The van der Waals surface area contributed by atoms with E-state index < -0.39 is 0 Å². The molecule has 1 aliphatic carbocycles. The minimum Gasteiger partial charge on any atom is -0.370 e. The number of benzene rings is 1. The van der Waals surface area contributed by atoms with E-state index in [1.807, 2.05) is 0 Å². The number of nitrogens with zero attached hydrogens (tertiary/aromatic N) is 1. The first-order valence-corrected chi connectivity index (χ1v) is 7.94. The van der Waals surface area contributed by atoms with Crippen LogP contribution in [0.25, 0.3) is 0 Å². The van der Waals surface area contributed by atoms with Gasteiger partial charge in [0.15, 0.2) is 5.96 Å². The van der Waals surface area contributed by atoms with Crippen molar-refractivity contribution >= 4 is 21.9 Å². The van der Waals surface area contributed by atoms with Crippen LogP contribution in [0.2, 0.25) is 0 Å². The molecule has 20 heavy (non-hydrogen) atoms. The first kappa shape index (κ1) is 15.4. The molecule has 1 saturated carbocycles. The first-order chi connectivity index (χ1) is 9.31. The molecule has 0 atom stereocenters. The van der Waals surface area contributed by atoms with Gasteiger partial charge < -0.3 is 11.1 Å². The van der Waals surface area contributed by atoms with Gasteiger partial charge in [-0.25, -0.2) is 0 Å². The molecule has 0 radical (unpaired) electrons. The summed E-state index contributed by atoms with van der Waals surface area (Å²) < 4.78 is 1.13. The molecule has 4 heteroatoms. The van der Waals surface area contributed by atoms with Crippen LogP contribution >= 0.6 is 15.9 Å². The molecule has 0 aromatic heterocycles. The second-order valence-electron chi connectivity index (χ2n) is 6.72. The molecule has 0 bridgehead atoms. The van der Waals surface area contributed by atoms with Gasteiger partial charge in [-0.3, -0.25) is 4.99 Å². The molecule has 0 amide bonds. The molecule has 0 aliphatic heterocycles. The minimum atomic E-state index is -0.0455. The Morgan fingerprint density at radius 1 is 1.40 bits per heavy atom. The SMILES string of the molecule is CC(C)(C)NC(N)=NCC1(c2cccc(Br)c2)CCC1. The van der Waals surface area contributed by atoms with Gasteiger partial charge in [0.05, 0.1) is 6.54 Å². The van der Waals surface area contributed by atoms with Gasteiger partial charge in [-0.2, -0.15) is 0 Å². The number of rotatable bonds is 3. The second kappa shape index (κ2) is 5.76. The molecule has 0 saturated heterocycles. The summed E-state index contributed by atoms with van der Waals surface area (Å²) in [4.78, 5) is 4.58. The normalized spacial score (nSPS) is 18.5. The first-order valence-electron chi connectivity index (χ1n) is 7.15. The number of guanidine groups is 1. The van der Waals surface area contributed by atoms with Gasteiger partial charge in [0.1, 0.15) is 0 Å². The third kappa shape index (κ3) is 3.75. The van der Waals surface area contributed by atoms with E-state index in [-0.39, 0.29) is 11.0 Å². The van der Waals surface area contributed by atoms with Gasteiger partial charge in [0.2, 0.25) is 0 Å².